The van der Waals surface area contributed by atoms with Crippen molar-refractivity contribution in [3.63, 3.8) is 0 Å². The van der Waals surface area contributed by atoms with Crippen molar-refractivity contribution in [3.8, 4) is 10.7 Å². The van der Waals surface area contributed by atoms with Crippen LogP contribution in [0.2, 0.25) is 0 Å². The monoisotopic (exact) mass is 303 g/mol. The molecule has 5 heteroatoms. The summed E-state index contributed by atoms with van der Waals surface area (Å²) in [6.45, 7) is 2.75. The Hall–Kier alpha value is -1.30. The van der Waals surface area contributed by atoms with Crippen LogP contribution in [-0.4, -0.2) is 36.8 Å². The summed E-state index contributed by atoms with van der Waals surface area (Å²) < 4.78 is 5.05. The Balaban J connectivity index is 1.62. The first-order valence-electron chi connectivity index (χ1n) is 7.45. The molecule has 112 valence electrons. The standard InChI is InChI=1S/C16H21N3OS/c1-20-7-6-17-10-12-4-5-14-13(9-12)11-18-16(19-14)15-3-2-8-21-15/h2-3,8,11-12,17H,4-7,9-10H2,1H3. The van der Waals surface area contributed by atoms with Gasteiger partial charge in [-0.15, -0.1) is 11.3 Å². The lowest BCUT2D eigenvalue weighted by Crippen LogP contribution is -2.30. The van der Waals surface area contributed by atoms with Crippen LogP contribution in [0.5, 0.6) is 0 Å². The Kier molecular flexibility index (Phi) is 4.95. The summed E-state index contributed by atoms with van der Waals surface area (Å²) >= 11 is 1.70. The Bertz CT molecular complexity index is 571. The van der Waals surface area contributed by atoms with Gasteiger partial charge in [-0.05, 0) is 48.7 Å². The molecule has 0 aliphatic heterocycles. The second-order valence-corrected chi connectivity index (χ2v) is 6.40. The first-order valence-corrected chi connectivity index (χ1v) is 8.33. The van der Waals surface area contributed by atoms with Gasteiger partial charge in [0.05, 0.1) is 11.5 Å². The molecular formula is C16H21N3OS. The maximum Gasteiger partial charge on any atom is 0.169 e. The van der Waals surface area contributed by atoms with Crippen molar-refractivity contribution in [2.45, 2.75) is 19.3 Å². The Labute approximate surface area is 129 Å². The van der Waals surface area contributed by atoms with Crippen LogP contribution in [0.1, 0.15) is 17.7 Å². The molecule has 1 N–H and O–H groups in total. The number of fused-ring (bicyclic) bond motifs is 1. The number of methoxy groups -OCH3 is 1. The largest absolute Gasteiger partial charge is 0.383 e. The number of aromatic nitrogens is 2. The molecule has 1 atom stereocenters. The van der Waals surface area contributed by atoms with E-state index in [1.54, 1.807) is 18.4 Å². The second-order valence-electron chi connectivity index (χ2n) is 5.45. The lowest BCUT2D eigenvalue weighted by molar-refractivity contribution is 0.197. The van der Waals surface area contributed by atoms with Crippen LogP contribution in [-0.2, 0) is 17.6 Å². The van der Waals surface area contributed by atoms with Crippen molar-refractivity contribution in [3.05, 3.63) is 35.0 Å². The number of rotatable bonds is 6. The lowest BCUT2D eigenvalue weighted by atomic mass is 9.87. The van der Waals surface area contributed by atoms with E-state index in [1.165, 1.54) is 17.7 Å². The van der Waals surface area contributed by atoms with Crippen molar-refractivity contribution < 1.29 is 4.74 Å². The van der Waals surface area contributed by atoms with Gasteiger partial charge >= 0.3 is 0 Å². The average Bonchev–Trinajstić information content (AvgIpc) is 3.05. The molecule has 0 bridgehead atoms. The normalized spacial score (nSPS) is 17.7. The molecule has 3 rings (SSSR count). The summed E-state index contributed by atoms with van der Waals surface area (Å²) in [5, 5.41) is 5.53. The minimum atomic E-state index is 0.686. The van der Waals surface area contributed by atoms with E-state index in [0.29, 0.717) is 5.92 Å². The third-order valence-corrected chi connectivity index (χ3v) is 4.78. The van der Waals surface area contributed by atoms with Crippen LogP contribution in [0.3, 0.4) is 0 Å². The van der Waals surface area contributed by atoms with E-state index in [-0.39, 0.29) is 0 Å². The fraction of sp³-hybridized carbons (Fsp3) is 0.500. The molecule has 4 nitrogen and oxygen atoms in total. The zero-order valence-corrected chi connectivity index (χ0v) is 13.2. The number of thiophene rings is 1. The Morgan fingerprint density at radius 1 is 1.48 bits per heavy atom. The SMILES string of the molecule is COCCNCC1CCc2nc(-c3cccs3)ncc2C1. The van der Waals surface area contributed by atoms with E-state index in [2.05, 4.69) is 21.7 Å². The molecular weight excluding hydrogens is 282 g/mol. The Morgan fingerprint density at radius 2 is 2.43 bits per heavy atom. The maximum atomic E-state index is 5.05. The molecule has 2 aromatic heterocycles. The van der Waals surface area contributed by atoms with E-state index in [1.807, 2.05) is 12.3 Å². The summed E-state index contributed by atoms with van der Waals surface area (Å²) in [5.74, 6) is 1.56. The smallest absolute Gasteiger partial charge is 0.169 e. The van der Waals surface area contributed by atoms with Gasteiger partial charge in [-0.2, -0.15) is 0 Å². The van der Waals surface area contributed by atoms with Gasteiger partial charge in [-0.1, -0.05) is 6.07 Å². The molecule has 1 aliphatic carbocycles. The maximum absolute atomic E-state index is 5.05. The van der Waals surface area contributed by atoms with Crippen LogP contribution in [0.15, 0.2) is 23.7 Å². The highest BCUT2D eigenvalue weighted by molar-refractivity contribution is 7.13. The molecule has 2 aromatic rings. The van der Waals surface area contributed by atoms with Crippen molar-refractivity contribution in [1.29, 1.82) is 0 Å². The highest BCUT2D eigenvalue weighted by Crippen LogP contribution is 2.27. The van der Waals surface area contributed by atoms with Crippen LogP contribution in [0.25, 0.3) is 10.7 Å². The third kappa shape index (κ3) is 3.67. The van der Waals surface area contributed by atoms with Gasteiger partial charge in [0.1, 0.15) is 0 Å². The predicted molar refractivity (Wildman–Crippen MR) is 85.6 cm³/mol. The van der Waals surface area contributed by atoms with E-state index in [4.69, 9.17) is 9.72 Å². The number of ether oxygens (including phenoxy) is 1. The molecule has 0 saturated carbocycles. The summed E-state index contributed by atoms with van der Waals surface area (Å²) in [6, 6.07) is 4.13. The van der Waals surface area contributed by atoms with Crippen LogP contribution in [0, 0.1) is 5.92 Å². The average molecular weight is 303 g/mol. The fourth-order valence-electron chi connectivity index (χ4n) is 2.76. The molecule has 21 heavy (non-hydrogen) atoms. The molecule has 0 amide bonds. The van der Waals surface area contributed by atoms with Gasteiger partial charge < -0.3 is 10.1 Å². The highest BCUT2D eigenvalue weighted by Gasteiger charge is 2.20. The molecule has 0 spiro atoms. The summed E-state index contributed by atoms with van der Waals surface area (Å²) in [4.78, 5) is 10.5. The van der Waals surface area contributed by atoms with E-state index >= 15 is 0 Å². The number of hydrogen-bond acceptors (Lipinski definition) is 5. The molecule has 2 heterocycles. The van der Waals surface area contributed by atoms with Crippen molar-refractivity contribution in [2.24, 2.45) is 5.92 Å². The number of hydrogen-bond donors (Lipinski definition) is 1. The van der Waals surface area contributed by atoms with Gasteiger partial charge in [0.2, 0.25) is 0 Å². The highest BCUT2D eigenvalue weighted by atomic mass is 32.1. The second kappa shape index (κ2) is 7.11. The summed E-state index contributed by atoms with van der Waals surface area (Å²) in [6.07, 6.45) is 5.37. The van der Waals surface area contributed by atoms with Crippen molar-refractivity contribution in [1.82, 2.24) is 15.3 Å². The lowest BCUT2D eigenvalue weighted by Gasteiger charge is -2.24. The van der Waals surface area contributed by atoms with Gasteiger partial charge in [0.25, 0.3) is 0 Å². The molecule has 0 radical (unpaired) electrons. The number of nitrogens with zero attached hydrogens (tertiary/aromatic N) is 2. The zero-order valence-electron chi connectivity index (χ0n) is 12.3. The first kappa shape index (κ1) is 14.6. The third-order valence-electron chi connectivity index (χ3n) is 3.91. The molecule has 0 saturated heterocycles. The van der Waals surface area contributed by atoms with Gasteiger partial charge in [0.15, 0.2) is 5.82 Å². The predicted octanol–water partition coefficient (Wildman–Crippen LogP) is 2.55. The summed E-state index contributed by atoms with van der Waals surface area (Å²) in [5.41, 5.74) is 2.56. The number of aryl methyl sites for hydroxylation is 1. The Morgan fingerprint density at radius 3 is 3.24 bits per heavy atom. The van der Waals surface area contributed by atoms with Gasteiger partial charge in [-0.25, -0.2) is 9.97 Å². The zero-order chi connectivity index (χ0) is 14.5. The molecule has 1 aliphatic rings. The van der Waals surface area contributed by atoms with E-state index in [0.717, 1.165) is 43.2 Å². The minimum Gasteiger partial charge on any atom is -0.383 e. The quantitative estimate of drug-likeness (QED) is 0.833. The van der Waals surface area contributed by atoms with Gasteiger partial charge in [-0.3, -0.25) is 0 Å². The first-order chi connectivity index (χ1) is 10.4. The minimum absolute atomic E-state index is 0.686. The topological polar surface area (TPSA) is 47.0 Å². The van der Waals surface area contributed by atoms with Crippen LogP contribution in [0.4, 0.5) is 0 Å². The molecule has 0 aromatic carbocycles. The van der Waals surface area contributed by atoms with Crippen LogP contribution >= 0.6 is 11.3 Å². The fourth-order valence-corrected chi connectivity index (χ4v) is 3.43. The molecule has 1 unspecified atom stereocenters. The van der Waals surface area contributed by atoms with Crippen molar-refractivity contribution >= 4 is 11.3 Å². The van der Waals surface area contributed by atoms with Crippen molar-refractivity contribution in [2.75, 3.05) is 26.8 Å². The van der Waals surface area contributed by atoms with Gasteiger partial charge in [0, 0.05) is 25.5 Å². The van der Waals surface area contributed by atoms with E-state index in [9.17, 15) is 0 Å². The van der Waals surface area contributed by atoms with Crippen LogP contribution < -0.4 is 5.32 Å². The number of nitrogens with one attached hydrogen (secondary N) is 1. The van der Waals surface area contributed by atoms with E-state index < -0.39 is 0 Å². The molecule has 0 fully saturated rings. The summed E-state index contributed by atoms with van der Waals surface area (Å²) in [7, 11) is 1.74.